The summed E-state index contributed by atoms with van der Waals surface area (Å²) in [4.78, 5) is 4.38. The Bertz CT molecular complexity index is 188. The number of nitrogens with one attached hydrogen (secondary N) is 1. The Labute approximate surface area is 88.3 Å². The first-order chi connectivity index (χ1) is 6.45. The lowest BCUT2D eigenvalue weighted by molar-refractivity contribution is 0.483. The predicted octanol–water partition coefficient (Wildman–Crippen LogP) is 1.82. The standard InChI is InChI=1S/C9H16N2S2/c1-4-12-5-2-8(1)7-11-9-10-3-6-13-9/h8H,1-7H2,(H,10,11). The second kappa shape index (κ2) is 5.15. The van der Waals surface area contributed by atoms with Crippen LogP contribution in [0.15, 0.2) is 4.99 Å². The van der Waals surface area contributed by atoms with Gasteiger partial charge in [0.1, 0.15) is 0 Å². The van der Waals surface area contributed by atoms with E-state index in [2.05, 4.69) is 22.1 Å². The smallest absolute Gasteiger partial charge is 0.156 e. The molecule has 0 aliphatic carbocycles. The number of hydrogen-bond donors (Lipinski definition) is 1. The monoisotopic (exact) mass is 216 g/mol. The molecule has 0 aromatic heterocycles. The van der Waals surface area contributed by atoms with Crippen LogP contribution < -0.4 is 5.32 Å². The van der Waals surface area contributed by atoms with Crippen molar-refractivity contribution in [2.24, 2.45) is 10.9 Å². The van der Waals surface area contributed by atoms with Crippen LogP contribution in [-0.4, -0.2) is 35.5 Å². The molecular formula is C9H16N2S2. The molecule has 2 rings (SSSR count). The van der Waals surface area contributed by atoms with E-state index in [1.807, 2.05) is 11.8 Å². The molecule has 0 spiro atoms. The Morgan fingerprint density at radius 2 is 2.15 bits per heavy atom. The summed E-state index contributed by atoms with van der Waals surface area (Å²) < 4.78 is 0. The highest BCUT2D eigenvalue weighted by Gasteiger charge is 2.14. The van der Waals surface area contributed by atoms with Crippen molar-refractivity contribution in [2.75, 3.05) is 30.3 Å². The summed E-state index contributed by atoms with van der Waals surface area (Å²) in [6.07, 6.45) is 2.77. The first-order valence-corrected chi connectivity index (χ1v) is 7.08. The van der Waals surface area contributed by atoms with Gasteiger partial charge in [0, 0.05) is 12.3 Å². The average Bonchev–Trinajstić information content (AvgIpc) is 2.69. The Balaban J connectivity index is 1.66. The van der Waals surface area contributed by atoms with Crippen LogP contribution in [0.25, 0.3) is 0 Å². The minimum Gasteiger partial charge on any atom is -0.365 e. The molecule has 0 atom stereocenters. The van der Waals surface area contributed by atoms with Gasteiger partial charge in [0.05, 0.1) is 6.54 Å². The lowest BCUT2D eigenvalue weighted by Crippen LogP contribution is -2.28. The van der Waals surface area contributed by atoms with Gasteiger partial charge < -0.3 is 5.32 Å². The summed E-state index contributed by atoms with van der Waals surface area (Å²) >= 11 is 3.96. The van der Waals surface area contributed by atoms with Crippen LogP contribution in [0.3, 0.4) is 0 Å². The van der Waals surface area contributed by atoms with Gasteiger partial charge in [-0.1, -0.05) is 11.8 Å². The van der Waals surface area contributed by atoms with Crippen molar-refractivity contribution < 1.29 is 0 Å². The zero-order valence-electron chi connectivity index (χ0n) is 7.79. The fourth-order valence-electron chi connectivity index (χ4n) is 1.62. The normalized spacial score (nSPS) is 24.5. The molecule has 0 amide bonds. The molecule has 0 aromatic rings. The molecule has 1 N–H and O–H groups in total. The van der Waals surface area contributed by atoms with Crippen molar-refractivity contribution in [1.82, 2.24) is 5.32 Å². The van der Waals surface area contributed by atoms with Gasteiger partial charge in [-0.05, 0) is 30.3 Å². The second-order valence-corrected chi connectivity index (χ2v) is 5.78. The highest BCUT2D eigenvalue weighted by atomic mass is 32.2. The molecule has 13 heavy (non-hydrogen) atoms. The predicted molar refractivity (Wildman–Crippen MR) is 62.8 cm³/mol. The van der Waals surface area contributed by atoms with Crippen molar-refractivity contribution in [2.45, 2.75) is 12.8 Å². The van der Waals surface area contributed by atoms with E-state index in [0.717, 1.165) is 19.0 Å². The minimum atomic E-state index is 0.894. The molecule has 2 aliphatic heterocycles. The molecule has 0 radical (unpaired) electrons. The zero-order chi connectivity index (χ0) is 8.93. The summed E-state index contributed by atoms with van der Waals surface area (Å²) in [5, 5.41) is 4.63. The molecule has 0 saturated carbocycles. The first-order valence-electron chi connectivity index (χ1n) is 4.94. The van der Waals surface area contributed by atoms with Crippen molar-refractivity contribution in [3.05, 3.63) is 0 Å². The number of thioether (sulfide) groups is 2. The van der Waals surface area contributed by atoms with E-state index in [0.29, 0.717) is 0 Å². The largest absolute Gasteiger partial charge is 0.365 e. The Morgan fingerprint density at radius 1 is 1.31 bits per heavy atom. The van der Waals surface area contributed by atoms with E-state index in [1.165, 1.54) is 35.3 Å². The molecule has 1 fully saturated rings. The fourth-order valence-corrected chi connectivity index (χ4v) is 3.57. The quantitative estimate of drug-likeness (QED) is 0.762. The summed E-state index contributed by atoms with van der Waals surface area (Å²) in [5.74, 6) is 4.77. The van der Waals surface area contributed by atoms with Crippen molar-refractivity contribution in [3.8, 4) is 0 Å². The lowest BCUT2D eigenvalue weighted by Gasteiger charge is -2.21. The summed E-state index contributed by atoms with van der Waals surface area (Å²) in [5.41, 5.74) is 0. The summed E-state index contributed by atoms with van der Waals surface area (Å²) in [6, 6.07) is 0. The Kier molecular flexibility index (Phi) is 3.85. The number of amidine groups is 1. The molecule has 0 bridgehead atoms. The maximum Gasteiger partial charge on any atom is 0.156 e. The molecule has 2 aliphatic rings. The van der Waals surface area contributed by atoms with E-state index in [9.17, 15) is 0 Å². The SMILES string of the molecule is C1CSC(NCC2CCSCC2)=N1. The van der Waals surface area contributed by atoms with E-state index in [4.69, 9.17) is 0 Å². The number of hydrogen-bond acceptors (Lipinski definition) is 4. The first kappa shape index (κ1) is 9.71. The zero-order valence-corrected chi connectivity index (χ0v) is 9.42. The number of nitrogens with zero attached hydrogens (tertiary/aromatic N) is 1. The second-order valence-electron chi connectivity index (χ2n) is 3.47. The highest BCUT2D eigenvalue weighted by Crippen LogP contribution is 2.22. The van der Waals surface area contributed by atoms with Crippen LogP contribution in [0.2, 0.25) is 0 Å². The van der Waals surface area contributed by atoms with Gasteiger partial charge >= 0.3 is 0 Å². The van der Waals surface area contributed by atoms with Crippen molar-refractivity contribution in [3.63, 3.8) is 0 Å². The lowest BCUT2D eigenvalue weighted by atomic mass is 10.0. The molecule has 4 heteroatoms. The van der Waals surface area contributed by atoms with Crippen LogP contribution in [-0.2, 0) is 0 Å². The van der Waals surface area contributed by atoms with Crippen molar-refractivity contribution >= 4 is 28.7 Å². The van der Waals surface area contributed by atoms with Crippen molar-refractivity contribution in [1.29, 1.82) is 0 Å². The molecular weight excluding hydrogens is 200 g/mol. The van der Waals surface area contributed by atoms with Gasteiger partial charge in [-0.25, -0.2) is 0 Å². The average molecular weight is 216 g/mol. The van der Waals surface area contributed by atoms with Gasteiger partial charge in [-0.3, -0.25) is 4.99 Å². The van der Waals surface area contributed by atoms with E-state index in [1.54, 1.807) is 0 Å². The third-order valence-corrected chi connectivity index (χ3v) is 4.45. The third kappa shape index (κ3) is 3.09. The van der Waals surface area contributed by atoms with Crippen LogP contribution in [0, 0.1) is 5.92 Å². The molecule has 2 nitrogen and oxygen atoms in total. The Hall–Kier alpha value is 0.170. The molecule has 1 saturated heterocycles. The maximum atomic E-state index is 4.38. The summed E-state index contributed by atoms with van der Waals surface area (Å²) in [6.45, 7) is 2.15. The van der Waals surface area contributed by atoms with Gasteiger partial charge in [0.2, 0.25) is 0 Å². The van der Waals surface area contributed by atoms with Crippen LogP contribution in [0.4, 0.5) is 0 Å². The molecule has 74 valence electrons. The highest BCUT2D eigenvalue weighted by molar-refractivity contribution is 8.14. The van der Waals surface area contributed by atoms with Gasteiger partial charge in [-0.2, -0.15) is 11.8 Å². The van der Waals surface area contributed by atoms with E-state index < -0.39 is 0 Å². The minimum absolute atomic E-state index is 0.894. The fraction of sp³-hybridized carbons (Fsp3) is 0.889. The molecule has 2 heterocycles. The maximum absolute atomic E-state index is 4.38. The van der Waals surface area contributed by atoms with Gasteiger partial charge in [0.15, 0.2) is 5.17 Å². The molecule has 0 unspecified atom stereocenters. The number of rotatable bonds is 2. The van der Waals surface area contributed by atoms with Gasteiger partial charge in [0.25, 0.3) is 0 Å². The van der Waals surface area contributed by atoms with Crippen LogP contribution >= 0.6 is 23.5 Å². The third-order valence-electron chi connectivity index (χ3n) is 2.47. The summed E-state index contributed by atoms with van der Waals surface area (Å²) in [7, 11) is 0. The topological polar surface area (TPSA) is 24.4 Å². The van der Waals surface area contributed by atoms with E-state index in [-0.39, 0.29) is 0 Å². The molecule has 0 aromatic carbocycles. The van der Waals surface area contributed by atoms with E-state index >= 15 is 0 Å². The van der Waals surface area contributed by atoms with Gasteiger partial charge in [-0.15, -0.1) is 0 Å². The van der Waals surface area contributed by atoms with Crippen LogP contribution in [0.5, 0.6) is 0 Å². The van der Waals surface area contributed by atoms with Crippen LogP contribution in [0.1, 0.15) is 12.8 Å². The number of aliphatic imine (C=N–C) groups is 1. The Morgan fingerprint density at radius 3 is 2.85 bits per heavy atom.